The Morgan fingerprint density at radius 3 is 3.06 bits per heavy atom. The number of nitrogens with zero attached hydrogens (tertiary/aromatic N) is 3. The average Bonchev–Trinajstić information content (AvgIpc) is 2.83. The van der Waals surface area contributed by atoms with Gasteiger partial charge in [-0.05, 0) is 6.42 Å². The fraction of sp³-hybridized carbons (Fsp3) is 0.600. The lowest BCUT2D eigenvalue weighted by molar-refractivity contribution is 0.530. The standard InChI is InChI=1S/C10H16N4O2S/c1-2-4-14-10(12-8-13-14)6-11-9-3-5-17(15,16)7-9/h3,5,8-9,11H,2,4,6-7H2,1H3. The van der Waals surface area contributed by atoms with Crippen LogP contribution in [0.25, 0.3) is 0 Å². The molecule has 0 saturated carbocycles. The molecule has 2 heterocycles. The average molecular weight is 256 g/mol. The van der Waals surface area contributed by atoms with E-state index >= 15 is 0 Å². The summed E-state index contributed by atoms with van der Waals surface area (Å²) in [6, 6.07) is -0.119. The molecule has 0 amide bonds. The van der Waals surface area contributed by atoms with E-state index in [4.69, 9.17) is 0 Å². The minimum absolute atomic E-state index is 0.119. The molecule has 94 valence electrons. The molecule has 6 nitrogen and oxygen atoms in total. The van der Waals surface area contributed by atoms with Gasteiger partial charge in [-0.1, -0.05) is 13.0 Å². The highest BCUT2D eigenvalue weighted by molar-refractivity contribution is 7.94. The van der Waals surface area contributed by atoms with Crippen molar-refractivity contribution in [1.29, 1.82) is 0 Å². The molecule has 1 aliphatic heterocycles. The Hall–Kier alpha value is -1.21. The van der Waals surface area contributed by atoms with Crippen molar-refractivity contribution < 1.29 is 8.42 Å². The molecule has 0 aliphatic carbocycles. The molecule has 1 atom stereocenters. The zero-order valence-corrected chi connectivity index (χ0v) is 10.5. The van der Waals surface area contributed by atoms with Crippen LogP contribution >= 0.6 is 0 Å². The third kappa shape index (κ3) is 3.13. The van der Waals surface area contributed by atoms with Gasteiger partial charge in [0.25, 0.3) is 0 Å². The van der Waals surface area contributed by atoms with E-state index in [1.807, 2.05) is 4.68 Å². The molecule has 0 bridgehead atoms. The highest BCUT2D eigenvalue weighted by Crippen LogP contribution is 2.08. The first-order chi connectivity index (χ1) is 8.11. The van der Waals surface area contributed by atoms with Gasteiger partial charge < -0.3 is 5.32 Å². The molecule has 0 radical (unpaired) electrons. The van der Waals surface area contributed by atoms with E-state index in [1.165, 1.54) is 11.7 Å². The molecule has 1 aromatic heterocycles. The molecule has 1 N–H and O–H groups in total. The summed E-state index contributed by atoms with van der Waals surface area (Å²) < 4.78 is 24.3. The molecule has 0 fully saturated rings. The molecule has 1 aliphatic rings. The number of nitrogens with one attached hydrogen (secondary N) is 1. The van der Waals surface area contributed by atoms with Gasteiger partial charge in [-0.2, -0.15) is 5.10 Å². The zero-order valence-electron chi connectivity index (χ0n) is 9.70. The van der Waals surface area contributed by atoms with E-state index in [-0.39, 0.29) is 11.8 Å². The van der Waals surface area contributed by atoms with Crippen molar-refractivity contribution in [3.05, 3.63) is 23.6 Å². The normalized spacial score (nSPS) is 22.1. The van der Waals surface area contributed by atoms with Gasteiger partial charge in [0.15, 0.2) is 9.84 Å². The fourth-order valence-electron chi connectivity index (χ4n) is 1.75. The maximum atomic E-state index is 11.2. The highest BCUT2D eigenvalue weighted by atomic mass is 32.2. The van der Waals surface area contributed by atoms with E-state index in [0.29, 0.717) is 6.54 Å². The Kier molecular flexibility index (Phi) is 3.58. The molecule has 0 saturated heterocycles. The van der Waals surface area contributed by atoms with Crippen LogP contribution in [-0.4, -0.2) is 35.0 Å². The van der Waals surface area contributed by atoms with Crippen molar-refractivity contribution in [3.8, 4) is 0 Å². The minimum Gasteiger partial charge on any atom is -0.302 e. The third-order valence-electron chi connectivity index (χ3n) is 2.58. The molecular weight excluding hydrogens is 240 g/mol. The van der Waals surface area contributed by atoms with Crippen LogP contribution < -0.4 is 5.32 Å². The van der Waals surface area contributed by atoms with Crippen LogP contribution in [0.1, 0.15) is 19.2 Å². The van der Waals surface area contributed by atoms with Crippen LogP contribution in [0.5, 0.6) is 0 Å². The van der Waals surface area contributed by atoms with E-state index in [1.54, 1.807) is 6.08 Å². The second-order valence-electron chi connectivity index (χ2n) is 4.04. The molecule has 1 unspecified atom stereocenters. The largest absolute Gasteiger partial charge is 0.302 e. The van der Waals surface area contributed by atoms with E-state index < -0.39 is 9.84 Å². The van der Waals surface area contributed by atoms with Gasteiger partial charge in [-0.15, -0.1) is 0 Å². The fourth-order valence-corrected chi connectivity index (χ4v) is 3.02. The van der Waals surface area contributed by atoms with Crippen LogP contribution in [0.3, 0.4) is 0 Å². The summed E-state index contributed by atoms with van der Waals surface area (Å²) in [6.07, 6.45) is 4.19. The van der Waals surface area contributed by atoms with Crippen molar-refractivity contribution in [2.24, 2.45) is 0 Å². The van der Waals surface area contributed by atoms with Gasteiger partial charge in [-0.3, -0.25) is 0 Å². The Balaban J connectivity index is 1.90. The van der Waals surface area contributed by atoms with Gasteiger partial charge in [0.1, 0.15) is 12.2 Å². The highest BCUT2D eigenvalue weighted by Gasteiger charge is 2.21. The smallest absolute Gasteiger partial charge is 0.173 e. The Morgan fingerprint density at radius 2 is 2.41 bits per heavy atom. The van der Waals surface area contributed by atoms with Gasteiger partial charge in [-0.25, -0.2) is 18.1 Å². The molecule has 1 aromatic rings. The number of rotatable bonds is 5. The predicted octanol–water partition coefficient (Wildman–Crippen LogP) is 0.0884. The van der Waals surface area contributed by atoms with Crippen LogP contribution in [-0.2, 0) is 22.9 Å². The first-order valence-corrected chi connectivity index (χ1v) is 7.33. The maximum Gasteiger partial charge on any atom is 0.173 e. The molecule has 0 spiro atoms. The van der Waals surface area contributed by atoms with Gasteiger partial charge >= 0.3 is 0 Å². The monoisotopic (exact) mass is 256 g/mol. The predicted molar refractivity (Wildman–Crippen MR) is 63.9 cm³/mol. The number of hydrogen-bond acceptors (Lipinski definition) is 5. The first kappa shape index (κ1) is 12.3. The van der Waals surface area contributed by atoms with Crippen LogP contribution in [0.4, 0.5) is 0 Å². The van der Waals surface area contributed by atoms with Crippen LogP contribution in [0.15, 0.2) is 17.8 Å². The van der Waals surface area contributed by atoms with E-state index in [0.717, 1.165) is 18.8 Å². The third-order valence-corrected chi connectivity index (χ3v) is 3.98. The summed E-state index contributed by atoms with van der Waals surface area (Å²) in [5.41, 5.74) is 0. The minimum atomic E-state index is -2.99. The summed E-state index contributed by atoms with van der Waals surface area (Å²) in [4.78, 5) is 4.15. The summed E-state index contributed by atoms with van der Waals surface area (Å²) in [7, 11) is -2.99. The SMILES string of the molecule is CCCn1ncnc1CNC1C=CS(=O)(=O)C1. The van der Waals surface area contributed by atoms with Gasteiger partial charge in [0, 0.05) is 18.0 Å². The number of sulfone groups is 1. The number of aromatic nitrogens is 3. The number of hydrogen-bond donors (Lipinski definition) is 1. The molecule has 0 aromatic carbocycles. The van der Waals surface area contributed by atoms with Crippen molar-refractivity contribution in [2.45, 2.75) is 32.5 Å². The first-order valence-electron chi connectivity index (χ1n) is 5.62. The molecular formula is C10H16N4O2S. The second kappa shape index (κ2) is 4.97. The topological polar surface area (TPSA) is 76.9 Å². The maximum absolute atomic E-state index is 11.2. The quantitative estimate of drug-likeness (QED) is 0.808. The van der Waals surface area contributed by atoms with Gasteiger partial charge in [0.05, 0.1) is 12.3 Å². The van der Waals surface area contributed by atoms with Crippen molar-refractivity contribution >= 4 is 9.84 Å². The lowest BCUT2D eigenvalue weighted by Crippen LogP contribution is -2.30. The molecule has 17 heavy (non-hydrogen) atoms. The molecule has 7 heteroatoms. The van der Waals surface area contributed by atoms with Gasteiger partial charge in [0.2, 0.25) is 0 Å². The lowest BCUT2D eigenvalue weighted by atomic mass is 10.3. The van der Waals surface area contributed by atoms with Crippen molar-refractivity contribution in [2.75, 3.05) is 5.75 Å². The molecule has 2 rings (SSSR count). The van der Waals surface area contributed by atoms with Crippen molar-refractivity contribution in [1.82, 2.24) is 20.1 Å². The van der Waals surface area contributed by atoms with Crippen LogP contribution in [0.2, 0.25) is 0 Å². The lowest BCUT2D eigenvalue weighted by Gasteiger charge is -2.10. The van der Waals surface area contributed by atoms with E-state index in [9.17, 15) is 8.42 Å². The summed E-state index contributed by atoms with van der Waals surface area (Å²) >= 11 is 0. The Labute approximate surface area is 101 Å². The summed E-state index contributed by atoms with van der Waals surface area (Å²) in [6.45, 7) is 3.44. The second-order valence-corrected chi connectivity index (χ2v) is 5.98. The summed E-state index contributed by atoms with van der Waals surface area (Å²) in [5.74, 6) is 0.971. The Bertz CT molecular complexity index is 506. The zero-order chi connectivity index (χ0) is 12.3. The van der Waals surface area contributed by atoms with Crippen molar-refractivity contribution in [3.63, 3.8) is 0 Å². The van der Waals surface area contributed by atoms with Crippen LogP contribution in [0, 0.1) is 0 Å². The Morgan fingerprint density at radius 1 is 1.59 bits per heavy atom. The summed E-state index contributed by atoms with van der Waals surface area (Å²) in [5, 5.41) is 8.52. The van der Waals surface area contributed by atoms with E-state index in [2.05, 4.69) is 22.3 Å². The number of aryl methyl sites for hydroxylation is 1.